The molecule has 25 heavy (non-hydrogen) atoms. The van der Waals surface area contributed by atoms with Crippen LogP contribution in [0, 0.1) is 12.8 Å². The van der Waals surface area contributed by atoms with E-state index in [1.54, 1.807) is 19.1 Å². The van der Waals surface area contributed by atoms with E-state index in [1.165, 1.54) is 19.2 Å². The zero-order valence-corrected chi connectivity index (χ0v) is 14.9. The van der Waals surface area contributed by atoms with E-state index in [0.29, 0.717) is 0 Å². The van der Waals surface area contributed by atoms with Crippen LogP contribution >= 0.6 is 0 Å². The van der Waals surface area contributed by atoms with E-state index in [-0.39, 0.29) is 16.2 Å². The van der Waals surface area contributed by atoms with E-state index < -0.39 is 46.0 Å². The van der Waals surface area contributed by atoms with Gasteiger partial charge in [-0.25, -0.2) is 13.2 Å². The van der Waals surface area contributed by atoms with Gasteiger partial charge in [-0.15, -0.1) is 0 Å². The number of esters is 1. The SMILES string of the molecule is COC(=O)C1=C(C)O[C@@H]2O[C@H](CO)[C@@H](S(=O)(=O)c3ccc(C)cc3)[C@H]12. The molecular weight excluding hydrogens is 348 g/mol. The number of sulfone groups is 1. The van der Waals surface area contributed by atoms with Crippen molar-refractivity contribution in [1.29, 1.82) is 0 Å². The molecule has 0 aliphatic carbocycles. The lowest BCUT2D eigenvalue weighted by Gasteiger charge is -2.21. The molecule has 7 nitrogen and oxygen atoms in total. The molecule has 2 aliphatic rings. The number of rotatable bonds is 4. The van der Waals surface area contributed by atoms with Crippen molar-refractivity contribution >= 4 is 15.8 Å². The van der Waals surface area contributed by atoms with Gasteiger partial charge in [-0.3, -0.25) is 0 Å². The highest BCUT2D eigenvalue weighted by Gasteiger charge is 2.58. The van der Waals surface area contributed by atoms with Crippen LogP contribution < -0.4 is 0 Å². The third-order valence-electron chi connectivity index (χ3n) is 4.62. The monoisotopic (exact) mass is 368 g/mol. The summed E-state index contributed by atoms with van der Waals surface area (Å²) in [5, 5.41) is 8.47. The molecule has 136 valence electrons. The van der Waals surface area contributed by atoms with Crippen LogP contribution in [0.5, 0.6) is 0 Å². The Kier molecular flexibility index (Phi) is 4.61. The summed E-state index contributed by atoms with van der Waals surface area (Å²) in [6, 6.07) is 6.41. The molecule has 4 atom stereocenters. The molecule has 1 fully saturated rings. The maximum absolute atomic E-state index is 13.2. The molecule has 1 aromatic rings. The Bertz CT molecular complexity index is 810. The number of hydrogen-bond donors (Lipinski definition) is 1. The number of aliphatic hydroxyl groups excluding tert-OH is 1. The van der Waals surface area contributed by atoms with E-state index in [9.17, 15) is 18.3 Å². The highest BCUT2D eigenvalue weighted by atomic mass is 32.2. The predicted octanol–water partition coefficient (Wildman–Crippen LogP) is 0.948. The number of aliphatic hydroxyl groups is 1. The fourth-order valence-corrected chi connectivity index (χ4v) is 5.44. The highest BCUT2D eigenvalue weighted by Crippen LogP contribution is 2.46. The summed E-state index contributed by atoms with van der Waals surface area (Å²) in [7, 11) is -2.65. The van der Waals surface area contributed by atoms with Crippen molar-refractivity contribution in [3.05, 3.63) is 41.2 Å². The molecule has 0 radical (unpaired) electrons. The molecule has 1 aromatic carbocycles. The summed E-state index contributed by atoms with van der Waals surface area (Å²) >= 11 is 0. The van der Waals surface area contributed by atoms with Gasteiger partial charge in [0, 0.05) is 0 Å². The second-order valence-corrected chi connectivity index (χ2v) is 8.26. The summed E-state index contributed by atoms with van der Waals surface area (Å²) in [6.45, 7) is 2.92. The van der Waals surface area contributed by atoms with Gasteiger partial charge in [0.15, 0.2) is 9.84 Å². The second kappa shape index (κ2) is 6.44. The zero-order valence-electron chi connectivity index (χ0n) is 14.1. The van der Waals surface area contributed by atoms with Crippen LogP contribution in [0.15, 0.2) is 40.5 Å². The van der Waals surface area contributed by atoms with Gasteiger partial charge in [0.25, 0.3) is 0 Å². The van der Waals surface area contributed by atoms with E-state index in [1.807, 2.05) is 6.92 Å². The average Bonchev–Trinajstić information content (AvgIpc) is 3.08. The molecule has 2 aliphatic heterocycles. The van der Waals surface area contributed by atoms with Crippen molar-refractivity contribution in [3.8, 4) is 0 Å². The number of hydrogen-bond acceptors (Lipinski definition) is 7. The molecule has 1 saturated heterocycles. The number of fused-ring (bicyclic) bond motifs is 1. The van der Waals surface area contributed by atoms with Crippen LogP contribution in [-0.2, 0) is 28.8 Å². The largest absolute Gasteiger partial charge is 0.468 e. The topological polar surface area (TPSA) is 99.1 Å². The lowest BCUT2D eigenvalue weighted by Crippen LogP contribution is -2.39. The summed E-state index contributed by atoms with van der Waals surface area (Å²) in [4.78, 5) is 12.3. The first-order chi connectivity index (χ1) is 11.8. The normalized spacial score (nSPS) is 28.6. The fraction of sp³-hybridized carbons (Fsp3) is 0.471. The third kappa shape index (κ3) is 2.84. The van der Waals surface area contributed by atoms with E-state index in [0.717, 1.165) is 5.56 Å². The van der Waals surface area contributed by atoms with E-state index in [4.69, 9.17) is 14.2 Å². The molecule has 0 aromatic heterocycles. The Balaban J connectivity index is 2.08. The van der Waals surface area contributed by atoms with Gasteiger partial charge in [-0.2, -0.15) is 0 Å². The van der Waals surface area contributed by atoms with E-state index >= 15 is 0 Å². The number of ether oxygens (including phenoxy) is 3. The minimum absolute atomic E-state index is 0.111. The van der Waals surface area contributed by atoms with Crippen molar-refractivity contribution in [3.63, 3.8) is 0 Å². The summed E-state index contributed by atoms with van der Waals surface area (Å²) in [5.74, 6) is -1.23. The fourth-order valence-electron chi connectivity index (χ4n) is 3.41. The highest BCUT2D eigenvalue weighted by molar-refractivity contribution is 7.92. The minimum atomic E-state index is -3.88. The first kappa shape index (κ1) is 17.9. The lowest BCUT2D eigenvalue weighted by molar-refractivity contribution is -0.137. The molecule has 0 unspecified atom stereocenters. The third-order valence-corrected chi connectivity index (χ3v) is 6.86. The average molecular weight is 368 g/mol. The predicted molar refractivity (Wildman–Crippen MR) is 87.2 cm³/mol. The molecule has 3 rings (SSSR count). The summed E-state index contributed by atoms with van der Waals surface area (Å²) in [6.07, 6.45) is -1.93. The van der Waals surface area contributed by atoms with Crippen molar-refractivity contribution in [1.82, 2.24) is 0 Å². The van der Waals surface area contributed by atoms with Crippen LogP contribution in [0.4, 0.5) is 0 Å². The van der Waals surface area contributed by atoms with Gasteiger partial charge < -0.3 is 19.3 Å². The van der Waals surface area contributed by atoms with Crippen molar-refractivity contribution in [2.75, 3.05) is 13.7 Å². The molecule has 0 saturated carbocycles. The van der Waals surface area contributed by atoms with Crippen molar-refractivity contribution in [2.45, 2.75) is 36.4 Å². The number of benzene rings is 1. The van der Waals surface area contributed by atoms with Gasteiger partial charge in [0.2, 0.25) is 6.29 Å². The van der Waals surface area contributed by atoms with Gasteiger partial charge in [0.05, 0.1) is 30.1 Å². The number of carbonyl (C=O) groups is 1. The number of aryl methyl sites for hydroxylation is 1. The minimum Gasteiger partial charge on any atom is -0.468 e. The number of carbonyl (C=O) groups excluding carboxylic acids is 1. The zero-order chi connectivity index (χ0) is 18.4. The Morgan fingerprint density at radius 1 is 1.24 bits per heavy atom. The first-order valence-electron chi connectivity index (χ1n) is 7.84. The summed E-state index contributed by atoms with van der Waals surface area (Å²) in [5.41, 5.74) is 1.07. The molecular formula is C17H20O7S. The molecule has 1 N–H and O–H groups in total. The molecule has 0 bridgehead atoms. The Morgan fingerprint density at radius 3 is 2.44 bits per heavy atom. The van der Waals surface area contributed by atoms with Crippen LogP contribution in [-0.4, -0.2) is 50.9 Å². The van der Waals surface area contributed by atoms with Gasteiger partial charge in [-0.05, 0) is 26.0 Å². The molecule has 0 amide bonds. The maximum atomic E-state index is 13.2. The van der Waals surface area contributed by atoms with Crippen molar-refractivity contribution < 1.29 is 32.5 Å². The Hall–Kier alpha value is -1.90. The van der Waals surface area contributed by atoms with Crippen LogP contribution in [0.25, 0.3) is 0 Å². The Morgan fingerprint density at radius 2 is 1.88 bits per heavy atom. The first-order valence-corrected chi connectivity index (χ1v) is 9.38. The van der Waals surface area contributed by atoms with Gasteiger partial charge in [-0.1, -0.05) is 17.7 Å². The smallest absolute Gasteiger partial charge is 0.337 e. The quantitative estimate of drug-likeness (QED) is 0.790. The lowest BCUT2D eigenvalue weighted by atomic mass is 9.95. The number of allylic oxidation sites excluding steroid dienone is 1. The van der Waals surface area contributed by atoms with Crippen molar-refractivity contribution in [2.24, 2.45) is 5.92 Å². The summed E-state index contributed by atoms with van der Waals surface area (Å²) < 4.78 is 42.3. The van der Waals surface area contributed by atoms with Crippen LogP contribution in [0.3, 0.4) is 0 Å². The van der Waals surface area contributed by atoms with E-state index in [2.05, 4.69) is 0 Å². The Labute approximate surface area is 146 Å². The standard InChI is InChI=1S/C17H20O7S/c1-9-4-6-11(7-5-9)25(20,21)15-12(8-18)24-17-14(15)13(10(2)23-17)16(19)22-3/h4-7,12,14-15,17-18H,8H2,1-3H3/t12-,14+,15-,17-/m1/s1. The van der Waals surface area contributed by atoms with Crippen LogP contribution in [0.1, 0.15) is 12.5 Å². The molecule has 2 heterocycles. The molecule has 0 spiro atoms. The van der Waals surface area contributed by atoms with Gasteiger partial charge >= 0.3 is 5.97 Å². The van der Waals surface area contributed by atoms with Crippen LogP contribution in [0.2, 0.25) is 0 Å². The number of methoxy groups -OCH3 is 1. The second-order valence-electron chi connectivity index (χ2n) is 6.15. The molecule has 8 heteroatoms. The van der Waals surface area contributed by atoms with Gasteiger partial charge in [0.1, 0.15) is 17.1 Å². The maximum Gasteiger partial charge on any atom is 0.337 e.